The van der Waals surface area contributed by atoms with E-state index in [0.29, 0.717) is 12.8 Å². The van der Waals surface area contributed by atoms with Crippen LogP contribution < -0.4 is 10.9 Å². The normalized spacial score (nSPS) is 12.6. The minimum Gasteiger partial charge on any atom is -0.444 e. The lowest BCUT2D eigenvalue weighted by atomic mass is 10.1. The number of aromatic nitrogens is 2. The molecule has 0 aliphatic heterocycles. The number of fused-ring (bicyclic) bond motifs is 1. The third-order valence-electron chi connectivity index (χ3n) is 4.52. The molecule has 8 heteroatoms. The molecule has 1 N–H and O–H groups in total. The van der Waals surface area contributed by atoms with Crippen LogP contribution in [-0.2, 0) is 4.74 Å². The molecule has 0 spiro atoms. The maximum absolute atomic E-state index is 14.5. The van der Waals surface area contributed by atoms with Crippen molar-refractivity contribution in [2.45, 2.75) is 52.2 Å². The van der Waals surface area contributed by atoms with Crippen LogP contribution in [0.15, 0.2) is 47.3 Å². The fraction of sp³-hybridized carbons (Fsp3) is 0.348. The number of hydrogen-bond donors (Lipinski definition) is 1. The Morgan fingerprint density at radius 2 is 1.90 bits per heavy atom. The first-order valence-corrected chi connectivity index (χ1v) is 10.1. The Bertz CT molecular complexity index is 1170. The Morgan fingerprint density at radius 3 is 2.55 bits per heavy atom. The number of carbonyl (C=O) groups is 1. The smallest absolute Gasteiger partial charge is 0.408 e. The molecule has 1 amide bonds. The topological polar surface area (TPSA) is 73.2 Å². The van der Waals surface area contributed by atoms with Crippen molar-refractivity contribution in [3.63, 3.8) is 0 Å². The number of hydrogen-bond acceptors (Lipinski definition) is 4. The van der Waals surface area contributed by atoms with Gasteiger partial charge < -0.3 is 10.1 Å². The van der Waals surface area contributed by atoms with E-state index in [1.165, 1.54) is 36.4 Å². The Hall–Kier alpha value is -3.29. The number of halogens is 2. The number of rotatable bonds is 5. The largest absolute Gasteiger partial charge is 0.444 e. The van der Waals surface area contributed by atoms with Gasteiger partial charge in [-0.25, -0.2) is 18.6 Å². The van der Waals surface area contributed by atoms with Gasteiger partial charge in [0.05, 0.1) is 17.2 Å². The Labute approximate surface area is 178 Å². The molecule has 0 unspecified atom stereocenters. The monoisotopic (exact) mass is 429 g/mol. The standard InChI is InChI=1S/C23H25F2N3O3/c1-5-8-18(27-22(30)31-23(2,3)4)20-26-17-12-7-11-16(25)19(17)21(29)28(20)15-10-6-9-14(24)13-15/h6-7,9-13,18H,5,8H2,1-4H3,(H,27,30)/t18-/m1/s1. The fourth-order valence-corrected chi connectivity index (χ4v) is 3.31. The van der Waals surface area contributed by atoms with Crippen molar-refractivity contribution in [1.82, 2.24) is 14.9 Å². The van der Waals surface area contributed by atoms with Gasteiger partial charge in [-0.1, -0.05) is 25.5 Å². The summed E-state index contributed by atoms with van der Waals surface area (Å²) in [5.41, 5.74) is -1.07. The second-order valence-corrected chi connectivity index (χ2v) is 8.21. The number of amides is 1. The Balaban J connectivity index is 2.24. The molecular weight excluding hydrogens is 404 g/mol. The van der Waals surface area contributed by atoms with E-state index >= 15 is 0 Å². The third-order valence-corrected chi connectivity index (χ3v) is 4.52. The van der Waals surface area contributed by atoms with Gasteiger partial charge in [0.15, 0.2) is 0 Å². The quantitative estimate of drug-likeness (QED) is 0.617. The van der Waals surface area contributed by atoms with Crippen LogP contribution in [-0.4, -0.2) is 21.2 Å². The summed E-state index contributed by atoms with van der Waals surface area (Å²) in [5, 5.41) is 2.55. The summed E-state index contributed by atoms with van der Waals surface area (Å²) in [7, 11) is 0. The van der Waals surface area contributed by atoms with Crippen molar-refractivity contribution >= 4 is 17.0 Å². The lowest BCUT2D eigenvalue weighted by Gasteiger charge is -2.25. The molecule has 0 bridgehead atoms. The predicted molar refractivity (Wildman–Crippen MR) is 114 cm³/mol. The molecule has 6 nitrogen and oxygen atoms in total. The van der Waals surface area contributed by atoms with Crippen molar-refractivity contribution < 1.29 is 18.3 Å². The molecule has 0 saturated heterocycles. The minimum atomic E-state index is -0.723. The van der Waals surface area contributed by atoms with Crippen molar-refractivity contribution in [2.75, 3.05) is 0 Å². The van der Waals surface area contributed by atoms with Crippen LogP contribution in [0.1, 0.15) is 52.4 Å². The molecule has 3 aromatic rings. The van der Waals surface area contributed by atoms with E-state index in [9.17, 15) is 18.4 Å². The van der Waals surface area contributed by atoms with Crippen molar-refractivity contribution in [1.29, 1.82) is 0 Å². The SMILES string of the molecule is CCC[C@@H](NC(=O)OC(C)(C)C)c1nc2cccc(F)c2c(=O)n1-c1cccc(F)c1. The molecule has 0 aliphatic carbocycles. The van der Waals surface area contributed by atoms with Crippen molar-refractivity contribution in [3.8, 4) is 5.69 Å². The fourth-order valence-electron chi connectivity index (χ4n) is 3.31. The first kappa shape index (κ1) is 22.4. The van der Waals surface area contributed by atoms with Gasteiger partial charge in [-0.3, -0.25) is 9.36 Å². The maximum Gasteiger partial charge on any atom is 0.408 e. The molecule has 1 heterocycles. The van der Waals surface area contributed by atoms with Crippen molar-refractivity contribution in [2.24, 2.45) is 0 Å². The van der Waals surface area contributed by atoms with E-state index in [1.807, 2.05) is 6.92 Å². The van der Waals surface area contributed by atoms with Gasteiger partial charge in [-0.05, 0) is 57.5 Å². The summed E-state index contributed by atoms with van der Waals surface area (Å²) < 4.78 is 34.9. The number of carbonyl (C=O) groups excluding carboxylic acids is 1. The average Bonchev–Trinajstić information content (AvgIpc) is 2.66. The highest BCUT2D eigenvalue weighted by molar-refractivity contribution is 5.79. The van der Waals surface area contributed by atoms with Crippen LogP contribution in [0.5, 0.6) is 0 Å². The molecule has 0 fully saturated rings. The number of nitrogens with one attached hydrogen (secondary N) is 1. The van der Waals surface area contributed by atoms with Crippen molar-refractivity contribution in [3.05, 3.63) is 70.3 Å². The lowest BCUT2D eigenvalue weighted by Crippen LogP contribution is -2.38. The number of alkyl carbamates (subject to hydrolysis) is 1. The molecule has 2 aromatic carbocycles. The van der Waals surface area contributed by atoms with E-state index in [1.54, 1.807) is 20.8 Å². The van der Waals surface area contributed by atoms with E-state index in [0.717, 1.165) is 10.6 Å². The number of nitrogens with zero attached hydrogens (tertiary/aromatic N) is 2. The number of ether oxygens (including phenoxy) is 1. The predicted octanol–water partition coefficient (Wildman–Crippen LogP) is 5.03. The van der Waals surface area contributed by atoms with E-state index in [4.69, 9.17) is 4.74 Å². The molecule has 0 saturated carbocycles. The first-order chi connectivity index (χ1) is 14.6. The van der Waals surface area contributed by atoms with Gasteiger partial charge in [0.1, 0.15) is 28.4 Å². The molecule has 0 aliphatic rings. The van der Waals surface area contributed by atoms with Crippen LogP contribution in [0.25, 0.3) is 16.6 Å². The Morgan fingerprint density at radius 1 is 1.19 bits per heavy atom. The second kappa shape index (κ2) is 8.83. The molecule has 3 rings (SSSR count). The van der Waals surface area contributed by atoms with Gasteiger partial charge in [-0.2, -0.15) is 0 Å². The third kappa shape index (κ3) is 5.07. The number of benzene rings is 2. The highest BCUT2D eigenvalue weighted by Gasteiger charge is 2.26. The van der Waals surface area contributed by atoms with E-state index in [-0.39, 0.29) is 22.4 Å². The van der Waals surface area contributed by atoms with Gasteiger partial charge in [-0.15, -0.1) is 0 Å². The molecule has 0 radical (unpaired) electrons. The molecule has 1 atom stereocenters. The zero-order valence-corrected chi connectivity index (χ0v) is 17.9. The summed E-state index contributed by atoms with van der Waals surface area (Å²) >= 11 is 0. The zero-order valence-electron chi connectivity index (χ0n) is 17.9. The van der Waals surface area contributed by atoms with Crippen LogP contribution in [0.4, 0.5) is 13.6 Å². The molecule has 164 valence electrons. The van der Waals surface area contributed by atoms with Gasteiger partial charge in [0, 0.05) is 0 Å². The maximum atomic E-state index is 14.5. The Kier molecular flexibility index (Phi) is 6.38. The van der Waals surface area contributed by atoms with Crippen LogP contribution in [0, 0.1) is 11.6 Å². The minimum absolute atomic E-state index is 0.153. The molecule has 31 heavy (non-hydrogen) atoms. The van der Waals surface area contributed by atoms with Crippen LogP contribution in [0.2, 0.25) is 0 Å². The highest BCUT2D eigenvalue weighted by Crippen LogP contribution is 2.23. The zero-order chi connectivity index (χ0) is 22.8. The van der Waals surface area contributed by atoms with E-state index < -0.39 is 34.9 Å². The molecule has 1 aromatic heterocycles. The van der Waals surface area contributed by atoms with E-state index in [2.05, 4.69) is 10.3 Å². The van der Waals surface area contributed by atoms with Crippen LogP contribution in [0.3, 0.4) is 0 Å². The van der Waals surface area contributed by atoms with Crippen LogP contribution >= 0.6 is 0 Å². The first-order valence-electron chi connectivity index (χ1n) is 10.1. The second-order valence-electron chi connectivity index (χ2n) is 8.21. The average molecular weight is 429 g/mol. The summed E-state index contributed by atoms with van der Waals surface area (Å²) in [5.74, 6) is -1.11. The van der Waals surface area contributed by atoms with Gasteiger partial charge >= 0.3 is 6.09 Å². The highest BCUT2D eigenvalue weighted by atomic mass is 19.1. The summed E-state index contributed by atoms with van der Waals surface area (Å²) in [6.45, 7) is 7.12. The molecular formula is C23H25F2N3O3. The summed E-state index contributed by atoms with van der Waals surface area (Å²) in [6.07, 6.45) is 0.410. The summed E-state index contributed by atoms with van der Waals surface area (Å²) in [4.78, 5) is 30.3. The summed E-state index contributed by atoms with van der Waals surface area (Å²) in [6, 6.07) is 8.81. The lowest BCUT2D eigenvalue weighted by molar-refractivity contribution is 0.0497. The van der Waals surface area contributed by atoms with Gasteiger partial charge in [0.2, 0.25) is 0 Å². The van der Waals surface area contributed by atoms with Gasteiger partial charge in [0.25, 0.3) is 5.56 Å².